The molecule has 0 aliphatic heterocycles. The van der Waals surface area contributed by atoms with E-state index >= 15 is 0 Å². The molecule has 0 spiro atoms. The van der Waals surface area contributed by atoms with E-state index in [9.17, 15) is 0 Å². The van der Waals surface area contributed by atoms with Gasteiger partial charge in [-0.1, -0.05) is 11.1 Å². The number of aromatic nitrogens is 1. The average molecular weight is 362 g/mol. The summed E-state index contributed by atoms with van der Waals surface area (Å²) in [4.78, 5) is 8.78. The number of hydrogen-bond acceptors (Lipinski definition) is 5. The monoisotopic (exact) mass is 362 g/mol. The van der Waals surface area contributed by atoms with Crippen molar-refractivity contribution in [2.24, 2.45) is 5.16 Å². The third kappa shape index (κ3) is 2.56. The number of aromatic amines is 1. The highest BCUT2D eigenvalue weighted by atomic mass is 16.6. The number of ether oxygens (including phenoxy) is 3. The van der Waals surface area contributed by atoms with Crippen molar-refractivity contribution in [3.8, 4) is 40.8 Å². The summed E-state index contributed by atoms with van der Waals surface area (Å²) in [6, 6.07) is 9.69. The smallest absolute Gasteiger partial charge is 0.177 e. The van der Waals surface area contributed by atoms with Crippen LogP contribution in [0.25, 0.3) is 22.2 Å². The first-order valence-corrected chi connectivity index (χ1v) is 8.32. The molecule has 0 amide bonds. The van der Waals surface area contributed by atoms with E-state index in [-0.39, 0.29) is 6.61 Å². The minimum Gasteiger partial charge on any atom is -0.497 e. The Labute approximate surface area is 156 Å². The average Bonchev–Trinajstić information content (AvgIpc) is 3.21. The Hall–Kier alpha value is -3.59. The van der Waals surface area contributed by atoms with Crippen LogP contribution in [-0.2, 0) is 4.84 Å². The molecule has 0 fully saturated rings. The van der Waals surface area contributed by atoms with Crippen molar-refractivity contribution < 1.29 is 19.0 Å². The Kier molecular flexibility index (Phi) is 4.13. The first kappa shape index (κ1) is 16.9. The predicted molar refractivity (Wildman–Crippen MR) is 104 cm³/mol. The zero-order chi connectivity index (χ0) is 19.0. The summed E-state index contributed by atoms with van der Waals surface area (Å²) in [5, 5.41) is 5.31. The van der Waals surface area contributed by atoms with E-state index in [1.807, 2.05) is 30.3 Å². The predicted octanol–water partition coefficient (Wildman–Crippen LogP) is 3.58. The summed E-state index contributed by atoms with van der Waals surface area (Å²) in [6.45, 7) is 0.0904. The number of hydrogen-bond donors (Lipinski definition) is 1. The molecule has 2 aromatic carbocycles. The molecule has 1 aliphatic rings. The van der Waals surface area contributed by atoms with Crippen LogP contribution in [0.4, 0.5) is 0 Å². The number of oxime groups is 1. The summed E-state index contributed by atoms with van der Waals surface area (Å²) in [5.41, 5.74) is 5.39. The largest absolute Gasteiger partial charge is 0.497 e. The van der Waals surface area contributed by atoms with Crippen molar-refractivity contribution in [3.05, 3.63) is 41.5 Å². The number of nitrogens with zero attached hydrogens (tertiary/aromatic N) is 1. The highest BCUT2D eigenvalue weighted by Gasteiger charge is 2.32. The summed E-state index contributed by atoms with van der Waals surface area (Å²) in [7, 11) is 4.86. The number of methoxy groups -OCH3 is 3. The normalized spacial score (nSPS) is 13.2. The number of benzene rings is 2. The lowest BCUT2D eigenvalue weighted by molar-refractivity contribution is 0.180. The minimum absolute atomic E-state index is 0.0904. The van der Waals surface area contributed by atoms with Gasteiger partial charge in [0.2, 0.25) is 0 Å². The molecule has 1 heterocycles. The fraction of sp³-hybridized carbons (Fsp3) is 0.190. The fourth-order valence-electron chi connectivity index (χ4n) is 3.39. The van der Waals surface area contributed by atoms with E-state index in [1.165, 1.54) is 0 Å². The fourth-order valence-corrected chi connectivity index (χ4v) is 3.39. The lowest BCUT2D eigenvalue weighted by atomic mass is 10.1. The van der Waals surface area contributed by atoms with E-state index < -0.39 is 0 Å². The summed E-state index contributed by atoms with van der Waals surface area (Å²) in [6.07, 6.45) is 5.29. The van der Waals surface area contributed by atoms with Gasteiger partial charge in [0.05, 0.1) is 27.0 Å². The SMILES string of the molecule is C#CCO/N=C1/c2cc(OC)c(OC)cc2-c2[nH]c3ccc(OC)cc3c21. The first-order valence-electron chi connectivity index (χ1n) is 8.32. The lowest BCUT2D eigenvalue weighted by Gasteiger charge is -2.11. The Morgan fingerprint density at radius 1 is 1.00 bits per heavy atom. The van der Waals surface area contributed by atoms with Gasteiger partial charge in [-0.3, -0.25) is 0 Å². The van der Waals surface area contributed by atoms with Gasteiger partial charge in [0.15, 0.2) is 18.1 Å². The third-order valence-electron chi connectivity index (χ3n) is 4.59. The summed E-state index contributed by atoms with van der Waals surface area (Å²) >= 11 is 0. The van der Waals surface area contributed by atoms with Gasteiger partial charge in [0.25, 0.3) is 0 Å². The molecule has 3 aromatic rings. The number of nitrogens with one attached hydrogen (secondary N) is 1. The Morgan fingerprint density at radius 3 is 2.41 bits per heavy atom. The summed E-state index contributed by atoms with van der Waals surface area (Å²) < 4.78 is 16.3. The maximum absolute atomic E-state index is 5.46. The number of terminal acetylenes is 1. The van der Waals surface area contributed by atoms with Gasteiger partial charge in [-0.25, -0.2) is 0 Å². The van der Waals surface area contributed by atoms with E-state index in [4.69, 9.17) is 25.5 Å². The second-order valence-electron chi connectivity index (χ2n) is 5.96. The third-order valence-corrected chi connectivity index (χ3v) is 4.59. The molecule has 0 bridgehead atoms. The van der Waals surface area contributed by atoms with Crippen molar-refractivity contribution in [1.29, 1.82) is 0 Å². The number of fused-ring (bicyclic) bond motifs is 5. The first-order chi connectivity index (χ1) is 13.2. The topological polar surface area (TPSA) is 65.1 Å². The van der Waals surface area contributed by atoms with Crippen molar-refractivity contribution in [2.45, 2.75) is 0 Å². The van der Waals surface area contributed by atoms with Gasteiger partial charge in [-0.05, 0) is 30.3 Å². The number of rotatable bonds is 5. The quantitative estimate of drug-likeness (QED) is 0.335. The van der Waals surface area contributed by atoms with Crippen LogP contribution >= 0.6 is 0 Å². The molecule has 1 aliphatic carbocycles. The molecular formula is C21H18N2O4. The van der Waals surface area contributed by atoms with Gasteiger partial charge in [-0.15, -0.1) is 6.42 Å². The van der Waals surface area contributed by atoms with Crippen molar-refractivity contribution in [1.82, 2.24) is 4.98 Å². The standard InChI is InChI=1S/C21H18N2O4/c1-5-8-27-23-21-14-11-18(26-4)17(25-3)10-13(14)20-19(21)15-9-12(24-2)6-7-16(15)22-20/h1,6-7,9-11,22H,8H2,2-4H3/b23-21-. The van der Waals surface area contributed by atoms with Gasteiger partial charge >= 0.3 is 0 Å². The van der Waals surface area contributed by atoms with Gasteiger partial charge in [0, 0.05) is 27.6 Å². The Bertz CT molecular complexity index is 1110. The van der Waals surface area contributed by atoms with Gasteiger partial charge in [0.1, 0.15) is 11.5 Å². The zero-order valence-electron chi connectivity index (χ0n) is 15.3. The molecule has 0 saturated carbocycles. The van der Waals surface area contributed by atoms with Crippen LogP contribution in [0.2, 0.25) is 0 Å². The highest BCUT2D eigenvalue weighted by molar-refractivity contribution is 6.30. The molecule has 0 unspecified atom stereocenters. The van der Waals surface area contributed by atoms with Crippen molar-refractivity contribution >= 4 is 16.6 Å². The van der Waals surface area contributed by atoms with Crippen LogP contribution in [0.1, 0.15) is 11.1 Å². The maximum Gasteiger partial charge on any atom is 0.177 e. The van der Waals surface area contributed by atoms with Crippen molar-refractivity contribution in [3.63, 3.8) is 0 Å². The van der Waals surface area contributed by atoms with Crippen LogP contribution in [0.5, 0.6) is 17.2 Å². The molecule has 0 saturated heterocycles. The second kappa shape index (κ2) is 6.61. The molecule has 0 radical (unpaired) electrons. The van der Waals surface area contributed by atoms with Crippen LogP contribution in [0.15, 0.2) is 35.5 Å². The van der Waals surface area contributed by atoms with Gasteiger partial charge < -0.3 is 24.0 Å². The maximum atomic E-state index is 5.46. The molecule has 27 heavy (non-hydrogen) atoms. The molecule has 4 rings (SSSR count). The Morgan fingerprint density at radius 2 is 1.74 bits per heavy atom. The zero-order valence-corrected chi connectivity index (χ0v) is 15.3. The minimum atomic E-state index is 0.0904. The molecular weight excluding hydrogens is 344 g/mol. The molecule has 1 N–H and O–H groups in total. The van der Waals surface area contributed by atoms with E-state index in [1.54, 1.807) is 21.3 Å². The molecule has 6 nitrogen and oxygen atoms in total. The summed E-state index contributed by atoms with van der Waals surface area (Å²) in [5.74, 6) is 4.45. The van der Waals surface area contributed by atoms with Crippen LogP contribution < -0.4 is 14.2 Å². The Balaban J connectivity index is 2.00. The highest BCUT2D eigenvalue weighted by Crippen LogP contribution is 2.45. The van der Waals surface area contributed by atoms with Crippen LogP contribution in [0, 0.1) is 12.3 Å². The molecule has 1 aromatic heterocycles. The second-order valence-corrected chi connectivity index (χ2v) is 5.96. The molecule has 6 heteroatoms. The van der Waals surface area contributed by atoms with E-state index in [0.717, 1.165) is 39.0 Å². The molecule has 0 atom stereocenters. The lowest BCUT2D eigenvalue weighted by Crippen LogP contribution is -2.02. The van der Waals surface area contributed by atoms with Gasteiger partial charge in [-0.2, -0.15) is 0 Å². The van der Waals surface area contributed by atoms with Crippen LogP contribution in [-0.4, -0.2) is 38.6 Å². The molecule has 136 valence electrons. The van der Waals surface area contributed by atoms with E-state index in [2.05, 4.69) is 16.1 Å². The number of H-pyrrole nitrogens is 1. The van der Waals surface area contributed by atoms with Crippen molar-refractivity contribution in [2.75, 3.05) is 27.9 Å². The van der Waals surface area contributed by atoms with Crippen LogP contribution in [0.3, 0.4) is 0 Å². The van der Waals surface area contributed by atoms with E-state index in [0.29, 0.717) is 17.2 Å².